The lowest BCUT2D eigenvalue weighted by Gasteiger charge is -2.38. The number of rotatable bonds is 4. The summed E-state index contributed by atoms with van der Waals surface area (Å²) in [4.78, 5) is 29.0. The Labute approximate surface area is 170 Å². The standard InChI is InChI=1S/C22H25N3O4/c1-24-19(26)15-29-21(20(24)16-5-3-2-4-6-16)22(27)23-17-7-9-18(10-8-17)25-11-13-28-14-12-25/h2-10,20-21H,11-15H2,1H3,(H,23,27)/t20-,21+/m0/s1. The van der Waals surface area contributed by atoms with Crippen LogP contribution in [0.3, 0.4) is 0 Å². The number of amides is 2. The summed E-state index contributed by atoms with van der Waals surface area (Å²) in [6.07, 6.45) is -0.779. The topological polar surface area (TPSA) is 71.1 Å². The average Bonchev–Trinajstić information content (AvgIpc) is 2.77. The number of nitrogens with zero attached hydrogens (tertiary/aromatic N) is 2. The predicted octanol–water partition coefficient (Wildman–Crippen LogP) is 2.06. The number of anilines is 2. The van der Waals surface area contributed by atoms with Crippen LogP contribution >= 0.6 is 0 Å². The number of nitrogens with one attached hydrogen (secondary N) is 1. The van der Waals surface area contributed by atoms with Crippen LogP contribution in [0.15, 0.2) is 54.6 Å². The summed E-state index contributed by atoms with van der Waals surface area (Å²) >= 11 is 0. The molecule has 2 saturated heterocycles. The molecule has 0 saturated carbocycles. The van der Waals surface area contributed by atoms with E-state index in [4.69, 9.17) is 9.47 Å². The fourth-order valence-corrected chi connectivity index (χ4v) is 3.77. The quantitative estimate of drug-likeness (QED) is 0.858. The molecule has 2 amide bonds. The molecule has 0 aliphatic carbocycles. The summed E-state index contributed by atoms with van der Waals surface area (Å²) in [7, 11) is 1.71. The third-order valence-corrected chi connectivity index (χ3v) is 5.39. The van der Waals surface area contributed by atoms with Gasteiger partial charge in [-0.05, 0) is 29.8 Å². The van der Waals surface area contributed by atoms with Crippen LogP contribution in [-0.4, -0.2) is 62.8 Å². The van der Waals surface area contributed by atoms with Gasteiger partial charge in [0, 0.05) is 31.5 Å². The maximum atomic E-state index is 13.0. The van der Waals surface area contributed by atoms with E-state index in [-0.39, 0.29) is 18.4 Å². The van der Waals surface area contributed by atoms with Crippen molar-refractivity contribution in [2.24, 2.45) is 0 Å². The van der Waals surface area contributed by atoms with Gasteiger partial charge in [-0.1, -0.05) is 30.3 Å². The largest absolute Gasteiger partial charge is 0.378 e. The molecule has 0 bridgehead atoms. The molecule has 0 unspecified atom stereocenters. The number of morpholine rings is 2. The number of ether oxygens (including phenoxy) is 2. The second-order valence-electron chi connectivity index (χ2n) is 7.23. The number of carbonyl (C=O) groups is 2. The first-order valence-electron chi connectivity index (χ1n) is 9.79. The van der Waals surface area contributed by atoms with Crippen molar-refractivity contribution in [3.05, 3.63) is 60.2 Å². The van der Waals surface area contributed by atoms with Gasteiger partial charge in [0.1, 0.15) is 6.61 Å². The highest BCUT2D eigenvalue weighted by atomic mass is 16.5. The smallest absolute Gasteiger partial charge is 0.256 e. The fourth-order valence-electron chi connectivity index (χ4n) is 3.77. The van der Waals surface area contributed by atoms with E-state index in [0.29, 0.717) is 5.69 Å². The van der Waals surface area contributed by atoms with Crippen LogP contribution in [-0.2, 0) is 19.1 Å². The second-order valence-corrected chi connectivity index (χ2v) is 7.23. The Bertz CT molecular complexity index is 850. The van der Waals surface area contributed by atoms with E-state index < -0.39 is 12.1 Å². The molecule has 1 N–H and O–H groups in total. The third-order valence-electron chi connectivity index (χ3n) is 5.39. The minimum absolute atomic E-state index is 0.103. The Morgan fingerprint density at radius 1 is 1.03 bits per heavy atom. The molecule has 2 fully saturated rings. The summed E-state index contributed by atoms with van der Waals surface area (Å²) in [5, 5.41) is 2.93. The summed E-state index contributed by atoms with van der Waals surface area (Å²) in [5.41, 5.74) is 2.67. The van der Waals surface area contributed by atoms with E-state index in [9.17, 15) is 9.59 Å². The fraction of sp³-hybridized carbons (Fsp3) is 0.364. The maximum Gasteiger partial charge on any atom is 0.256 e. The maximum absolute atomic E-state index is 13.0. The van der Waals surface area contributed by atoms with Gasteiger partial charge in [-0.3, -0.25) is 9.59 Å². The Morgan fingerprint density at radius 2 is 1.72 bits per heavy atom. The van der Waals surface area contributed by atoms with Crippen molar-refractivity contribution in [3.63, 3.8) is 0 Å². The minimum Gasteiger partial charge on any atom is -0.378 e. The van der Waals surface area contributed by atoms with E-state index in [0.717, 1.165) is 37.6 Å². The molecule has 0 aromatic heterocycles. The summed E-state index contributed by atoms with van der Waals surface area (Å²) < 4.78 is 11.0. The van der Waals surface area contributed by atoms with Crippen LogP contribution in [0.25, 0.3) is 0 Å². The van der Waals surface area contributed by atoms with E-state index in [1.54, 1.807) is 11.9 Å². The van der Waals surface area contributed by atoms with Crippen molar-refractivity contribution in [1.29, 1.82) is 0 Å². The Hall–Kier alpha value is -2.90. The number of carbonyl (C=O) groups excluding carboxylic acids is 2. The highest BCUT2D eigenvalue weighted by Crippen LogP contribution is 2.30. The van der Waals surface area contributed by atoms with Gasteiger partial charge >= 0.3 is 0 Å². The molecule has 4 rings (SSSR count). The Kier molecular flexibility index (Phi) is 5.78. The van der Waals surface area contributed by atoms with Crippen LogP contribution in [0.1, 0.15) is 11.6 Å². The SMILES string of the molecule is CN1C(=O)CO[C@@H](C(=O)Nc2ccc(N3CCOCC3)cc2)[C@@H]1c1ccccc1. The van der Waals surface area contributed by atoms with E-state index in [2.05, 4.69) is 10.2 Å². The normalized spacial score (nSPS) is 22.4. The molecule has 29 heavy (non-hydrogen) atoms. The van der Waals surface area contributed by atoms with Crippen LogP contribution in [0.4, 0.5) is 11.4 Å². The molecule has 7 heteroatoms. The summed E-state index contributed by atoms with van der Waals surface area (Å²) in [5.74, 6) is -0.407. The molecule has 2 aromatic carbocycles. The van der Waals surface area contributed by atoms with Crippen molar-refractivity contribution in [2.45, 2.75) is 12.1 Å². The van der Waals surface area contributed by atoms with Gasteiger partial charge in [0.05, 0.1) is 19.3 Å². The van der Waals surface area contributed by atoms with Gasteiger partial charge < -0.3 is 24.6 Å². The van der Waals surface area contributed by atoms with Gasteiger partial charge in [0.15, 0.2) is 6.10 Å². The molecule has 2 aliphatic heterocycles. The van der Waals surface area contributed by atoms with Crippen molar-refractivity contribution in [1.82, 2.24) is 4.90 Å². The third kappa shape index (κ3) is 4.26. The zero-order valence-corrected chi connectivity index (χ0v) is 16.4. The summed E-state index contributed by atoms with van der Waals surface area (Å²) in [6.45, 7) is 3.07. The van der Waals surface area contributed by atoms with Crippen LogP contribution in [0.5, 0.6) is 0 Å². The number of hydrogen-bond donors (Lipinski definition) is 1. The Balaban J connectivity index is 1.48. The molecular weight excluding hydrogens is 370 g/mol. The van der Waals surface area contributed by atoms with E-state index in [1.165, 1.54) is 0 Å². The Morgan fingerprint density at radius 3 is 2.41 bits per heavy atom. The van der Waals surface area contributed by atoms with Gasteiger partial charge in [-0.25, -0.2) is 0 Å². The first-order chi connectivity index (χ1) is 14.1. The number of hydrogen-bond acceptors (Lipinski definition) is 5. The predicted molar refractivity (Wildman–Crippen MR) is 110 cm³/mol. The molecule has 152 valence electrons. The molecule has 7 nitrogen and oxygen atoms in total. The lowest BCUT2D eigenvalue weighted by atomic mass is 9.97. The molecule has 2 heterocycles. The minimum atomic E-state index is -0.779. The van der Waals surface area contributed by atoms with Crippen molar-refractivity contribution >= 4 is 23.2 Å². The lowest BCUT2D eigenvalue weighted by Crippen LogP contribution is -2.51. The van der Waals surface area contributed by atoms with Gasteiger partial charge in [0.2, 0.25) is 5.91 Å². The first-order valence-corrected chi connectivity index (χ1v) is 9.79. The molecule has 0 radical (unpaired) electrons. The van der Waals surface area contributed by atoms with Crippen molar-refractivity contribution in [2.75, 3.05) is 50.2 Å². The molecule has 2 aliphatic rings. The highest BCUT2D eigenvalue weighted by Gasteiger charge is 2.40. The molecule has 2 aromatic rings. The zero-order chi connectivity index (χ0) is 20.2. The summed E-state index contributed by atoms with van der Waals surface area (Å²) in [6, 6.07) is 16.8. The molecular formula is C22H25N3O4. The zero-order valence-electron chi connectivity index (χ0n) is 16.4. The van der Waals surface area contributed by atoms with E-state index >= 15 is 0 Å². The first kappa shape index (κ1) is 19.4. The molecule has 2 atom stereocenters. The molecule has 0 spiro atoms. The van der Waals surface area contributed by atoms with Gasteiger partial charge in [-0.15, -0.1) is 0 Å². The van der Waals surface area contributed by atoms with Crippen LogP contribution in [0, 0.1) is 0 Å². The van der Waals surface area contributed by atoms with Crippen LogP contribution in [0.2, 0.25) is 0 Å². The van der Waals surface area contributed by atoms with E-state index in [1.807, 2.05) is 54.6 Å². The van der Waals surface area contributed by atoms with Gasteiger partial charge in [-0.2, -0.15) is 0 Å². The van der Waals surface area contributed by atoms with Crippen LogP contribution < -0.4 is 10.2 Å². The lowest BCUT2D eigenvalue weighted by molar-refractivity contribution is -0.160. The van der Waals surface area contributed by atoms with Crippen molar-refractivity contribution in [3.8, 4) is 0 Å². The number of benzene rings is 2. The highest BCUT2D eigenvalue weighted by molar-refractivity contribution is 5.96. The monoisotopic (exact) mass is 395 g/mol. The average molecular weight is 395 g/mol. The number of likely N-dealkylation sites (N-methyl/N-ethyl adjacent to an activating group) is 1. The van der Waals surface area contributed by atoms with Crippen molar-refractivity contribution < 1.29 is 19.1 Å². The second kappa shape index (κ2) is 8.63. The van der Waals surface area contributed by atoms with Gasteiger partial charge in [0.25, 0.3) is 5.91 Å².